The number of nitrogens with zero attached hydrogens (tertiary/aromatic N) is 7. The summed E-state index contributed by atoms with van der Waals surface area (Å²) in [7, 11) is -3.66. The van der Waals surface area contributed by atoms with Crippen LogP contribution in [-0.2, 0) is 34.9 Å². The first-order valence-corrected chi connectivity index (χ1v) is 15.9. The average Bonchev–Trinajstić information content (AvgIpc) is 3.79. The Morgan fingerprint density at radius 3 is 2.66 bits per heavy atom. The topological polar surface area (TPSA) is 254 Å². The van der Waals surface area contributed by atoms with E-state index in [0.29, 0.717) is 11.2 Å². The van der Waals surface area contributed by atoms with Crippen molar-refractivity contribution in [2.75, 3.05) is 45.5 Å². The fourth-order valence-corrected chi connectivity index (χ4v) is 5.99. The van der Waals surface area contributed by atoms with Crippen LogP contribution in [0.5, 0.6) is 0 Å². The molecule has 4 heterocycles. The molecule has 0 aromatic carbocycles. The molecule has 44 heavy (non-hydrogen) atoms. The van der Waals surface area contributed by atoms with E-state index in [9.17, 15) is 24.6 Å². The zero-order valence-corrected chi connectivity index (χ0v) is 25.4. The minimum atomic E-state index is -5.10. The summed E-state index contributed by atoms with van der Waals surface area (Å²) in [6.07, 6.45) is 0.183. The summed E-state index contributed by atoms with van der Waals surface area (Å²) in [5.41, 5.74) is 0.259. The molecule has 0 radical (unpaired) electrons. The van der Waals surface area contributed by atoms with Gasteiger partial charge in [-0.3, -0.25) is 4.57 Å². The van der Waals surface area contributed by atoms with Crippen LogP contribution in [0, 0.1) is 0 Å². The molecule has 3 aromatic heterocycles. The van der Waals surface area contributed by atoms with E-state index >= 15 is 0 Å². The summed E-state index contributed by atoms with van der Waals surface area (Å²) in [5, 5.41) is 40.7. The lowest BCUT2D eigenvalue weighted by Crippen LogP contribution is -2.46. The van der Waals surface area contributed by atoms with Crippen LogP contribution in [0.4, 0.5) is 5.82 Å². The van der Waals surface area contributed by atoms with Crippen molar-refractivity contribution in [3.05, 3.63) is 17.3 Å². The second-order valence-electron chi connectivity index (χ2n) is 10.5. The van der Waals surface area contributed by atoms with Gasteiger partial charge in [-0.2, -0.15) is 15.1 Å². The van der Waals surface area contributed by atoms with Gasteiger partial charge in [0.25, 0.3) is 0 Å². The number of nitrogens with one attached hydrogen (secondary N) is 2. The lowest BCUT2D eigenvalue weighted by atomic mass is 10.1. The van der Waals surface area contributed by atoms with Crippen molar-refractivity contribution in [1.29, 1.82) is 0 Å². The first kappa shape index (κ1) is 33.0. The monoisotopic (exact) mass is 663 g/mol. The van der Waals surface area contributed by atoms with Crippen LogP contribution in [0.1, 0.15) is 37.7 Å². The summed E-state index contributed by atoms with van der Waals surface area (Å²) in [6.45, 7) is -1.86. The van der Waals surface area contributed by atoms with Crippen LogP contribution in [0.25, 0.3) is 11.0 Å². The maximum atomic E-state index is 12.8. The number of hydrogen-bond donors (Lipinski definition) is 6. The van der Waals surface area contributed by atoms with Crippen molar-refractivity contribution in [3.8, 4) is 0 Å². The first-order chi connectivity index (χ1) is 21.1. The number of aliphatic hydroxyl groups is 2. The van der Waals surface area contributed by atoms with E-state index in [2.05, 4.69) is 41.0 Å². The van der Waals surface area contributed by atoms with Crippen molar-refractivity contribution < 1.29 is 48.2 Å². The Bertz CT molecular complexity index is 1410. The van der Waals surface area contributed by atoms with Crippen LogP contribution < -0.4 is 5.32 Å². The number of halogens is 1. The number of aliphatic hydroxyl groups excluding tert-OH is 2. The van der Waals surface area contributed by atoms with Crippen LogP contribution in [0.15, 0.2) is 6.20 Å². The summed E-state index contributed by atoms with van der Waals surface area (Å²) >= 11 is 6.22. The first-order valence-electron chi connectivity index (χ1n) is 13.9. The van der Waals surface area contributed by atoms with E-state index in [4.69, 9.17) is 35.3 Å². The third-order valence-electron chi connectivity index (χ3n) is 7.46. The molecule has 1 saturated carbocycles. The zero-order valence-electron chi connectivity index (χ0n) is 23.7. The summed E-state index contributed by atoms with van der Waals surface area (Å²) in [6, 6.07) is 0.230. The predicted octanol–water partition coefficient (Wildman–Crippen LogP) is -0.263. The number of fused-ring (bicyclic) bond motifs is 1. The third kappa shape index (κ3) is 7.34. The Labute approximate surface area is 255 Å². The van der Waals surface area contributed by atoms with E-state index < -0.39 is 57.3 Å². The number of methoxy groups -OCH3 is 1. The molecule has 2 fully saturated rings. The van der Waals surface area contributed by atoms with Crippen LogP contribution in [0.2, 0.25) is 5.28 Å². The summed E-state index contributed by atoms with van der Waals surface area (Å²) in [4.78, 5) is 29.3. The summed E-state index contributed by atoms with van der Waals surface area (Å²) in [5.74, 6) is 0.703. The fraction of sp³-hybridized carbons (Fsp3) is 0.739. The largest absolute Gasteiger partial charge is 0.387 e. The minimum Gasteiger partial charge on any atom is -0.387 e. The summed E-state index contributed by atoms with van der Waals surface area (Å²) < 4.78 is 41.6. The van der Waals surface area contributed by atoms with Gasteiger partial charge in [-0.05, 0) is 34.9 Å². The van der Waals surface area contributed by atoms with Gasteiger partial charge in [0.05, 0.1) is 44.6 Å². The number of rotatable bonds is 16. The van der Waals surface area contributed by atoms with Gasteiger partial charge in [0.15, 0.2) is 17.7 Å². The normalized spacial score (nSPS) is 24.3. The standard InChI is InChI=1S/C23H35ClN9O10P/c1-39-6-7-40-11-23(44(36,37)38,12-41-10-16-29-31-32-30-16)42-9-15-17(34)18(35)21(43-15)33-20-14(8-25-33)19(27-22(24)28-20)26-13-4-2-3-5-13/h8,13,15,17-18,21,34-35H,2-7,9-12H2,1H3,(H,26,27,28)(H2,36,37,38)(H,29,30,31,32)/t15-,17-,18-,21-,23?/m1/s1. The van der Waals surface area contributed by atoms with Gasteiger partial charge in [0, 0.05) is 13.2 Å². The van der Waals surface area contributed by atoms with Gasteiger partial charge in [0.1, 0.15) is 30.7 Å². The van der Waals surface area contributed by atoms with Crippen LogP contribution in [-0.4, -0.2) is 130 Å². The lowest BCUT2D eigenvalue weighted by molar-refractivity contribution is -0.140. The highest BCUT2D eigenvalue weighted by Crippen LogP contribution is 2.52. The van der Waals surface area contributed by atoms with Crippen molar-refractivity contribution >= 4 is 36.0 Å². The second kappa shape index (κ2) is 14.3. The van der Waals surface area contributed by atoms with E-state index in [1.165, 1.54) is 18.0 Å². The molecule has 1 saturated heterocycles. The van der Waals surface area contributed by atoms with E-state index in [1.807, 2.05) is 0 Å². The third-order valence-corrected chi connectivity index (χ3v) is 9.08. The van der Waals surface area contributed by atoms with Gasteiger partial charge in [-0.15, -0.1) is 5.10 Å². The lowest BCUT2D eigenvalue weighted by Gasteiger charge is -2.34. The molecule has 2 aliphatic rings. The molecular weight excluding hydrogens is 629 g/mol. The van der Waals surface area contributed by atoms with E-state index in [0.717, 1.165) is 25.7 Å². The van der Waals surface area contributed by atoms with Gasteiger partial charge in [0.2, 0.25) is 10.6 Å². The molecule has 0 bridgehead atoms. The molecule has 19 nitrogen and oxygen atoms in total. The Morgan fingerprint density at radius 1 is 1.18 bits per heavy atom. The Morgan fingerprint density at radius 2 is 1.95 bits per heavy atom. The molecule has 0 spiro atoms. The quantitative estimate of drug-likeness (QED) is 0.0655. The molecule has 5 rings (SSSR count). The number of ether oxygens (including phenoxy) is 5. The van der Waals surface area contributed by atoms with Gasteiger partial charge in [-0.25, -0.2) is 9.78 Å². The molecule has 21 heteroatoms. The number of aromatic nitrogens is 8. The Hall–Kier alpha value is -2.42. The molecule has 0 amide bonds. The maximum Gasteiger partial charge on any atom is 0.361 e. The average molecular weight is 664 g/mol. The molecule has 1 aliphatic heterocycles. The minimum absolute atomic E-state index is 0.00531. The van der Waals surface area contributed by atoms with Gasteiger partial charge >= 0.3 is 7.60 Å². The van der Waals surface area contributed by atoms with Crippen molar-refractivity contribution in [2.24, 2.45) is 0 Å². The number of anilines is 1. The maximum absolute atomic E-state index is 12.8. The van der Waals surface area contributed by atoms with Crippen molar-refractivity contribution in [1.82, 2.24) is 40.4 Å². The predicted molar refractivity (Wildman–Crippen MR) is 149 cm³/mol. The SMILES string of the molecule is COCCOCC(COCc1nnn[nH]1)(OC[C@H]1O[C@@H](n2ncc3c(NC4CCCC4)nc(Cl)nc32)[C@H](O)[C@@H]1O)P(=O)(O)O. The smallest absolute Gasteiger partial charge is 0.361 e. The Kier molecular flexibility index (Phi) is 10.7. The van der Waals surface area contributed by atoms with E-state index in [1.54, 1.807) is 0 Å². The molecule has 244 valence electrons. The Balaban J connectivity index is 1.32. The number of hydrogen-bond acceptors (Lipinski definition) is 15. The van der Waals surface area contributed by atoms with Crippen LogP contribution >= 0.6 is 19.2 Å². The highest BCUT2D eigenvalue weighted by atomic mass is 35.5. The zero-order chi connectivity index (χ0) is 31.3. The van der Waals surface area contributed by atoms with Gasteiger partial charge in [-0.1, -0.05) is 12.8 Å². The van der Waals surface area contributed by atoms with Crippen molar-refractivity contribution in [2.45, 2.75) is 68.2 Å². The highest BCUT2D eigenvalue weighted by molar-refractivity contribution is 7.53. The molecular formula is C23H35ClN9O10P. The van der Waals surface area contributed by atoms with Crippen LogP contribution in [0.3, 0.4) is 0 Å². The highest BCUT2D eigenvalue weighted by Gasteiger charge is 2.52. The van der Waals surface area contributed by atoms with Gasteiger partial charge < -0.3 is 49.0 Å². The second-order valence-corrected chi connectivity index (χ2v) is 12.8. The molecule has 1 aliphatic carbocycles. The number of tetrazole rings is 1. The molecule has 3 aromatic rings. The number of H-pyrrole nitrogens is 1. The number of aromatic amines is 1. The molecule has 5 atom stereocenters. The molecule has 6 N–H and O–H groups in total. The van der Waals surface area contributed by atoms with E-state index in [-0.39, 0.29) is 42.6 Å². The fourth-order valence-electron chi connectivity index (χ4n) is 5.06. The van der Waals surface area contributed by atoms with Crippen molar-refractivity contribution in [3.63, 3.8) is 0 Å². The molecule has 1 unspecified atom stereocenters.